The molecular formula is C23H21FN6OS. The molecule has 2 fully saturated rings. The van der Waals surface area contributed by atoms with E-state index in [1.54, 1.807) is 24.5 Å². The van der Waals surface area contributed by atoms with E-state index in [1.807, 2.05) is 19.1 Å². The van der Waals surface area contributed by atoms with Gasteiger partial charge in [0.1, 0.15) is 5.82 Å². The minimum atomic E-state index is -0.236. The second kappa shape index (κ2) is 7.37. The Morgan fingerprint density at radius 2 is 2.00 bits per heavy atom. The van der Waals surface area contributed by atoms with Crippen molar-refractivity contribution in [2.45, 2.75) is 19.4 Å². The minimum Gasteiger partial charge on any atom is -0.365 e. The maximum absolute atomic E-state index is 13.6. The van der Waals surface area contributed by atoms with E-state index in [4.69, 9.17) is 4.98 Å². The van der Waals surface area contributed by atoms with Crippen LogP contribution in [0.3, 0.4) is 0 Å². The summed E-state index contributed by atoms with van der Waals surface area (Å²) in [6, 6.07) is 8.96. The number of carbonyl (C=O) groups is 1. The molecule has 0 N–H and O–H groups in total. The average Bonchev–Trinajstić information content (AvgIpc) is 3.45. The number of benzene rings is 2. The number of fused-ring (bicyclic) bond motifs is 2. The van der Waals surface area contributed by atoms with Gasteiger partial charge in [-0.2, -0.15) is 15.0 Å². The lowest BCUT2D eigenvalue weighted by Gasteiger charge is -2.55. The van der Waals surface area contributed by atoms with Crippen LogP contribution in [0.2, 0.25) is 0 Å². The fraction of sp³-hybridized carbons (Fsp3) is 0.304. The van der Waals surface area contributed by atoms with Crippen LogP contribution in [-0.4, -0.2) is 51.9 Å². The standard InChI is InChI=1S/C23H21FN6OS/c1-14-2-5-19(30-25-7-8-26-30)17(13-31)22(14)29-11-15-6-9-28(12-20(15)29)23-27-18-4-3-16(24)10-21(18)32-23/h2-5,7-8,10,13,15,20H,6,9,11-12H2,1H3/t15-,20-/m1/s1. The van der Waals surface area contributed by atoms with Gasteiger partial charge in [0, 0.05) is 25.6 Å². The molecule has 32 heavy (non-hydrogen) atoms. The SMILES string of the molecule is Cc1ccc(-n2nccn2)c(C=O)c1N1C[C@H]2CCN(c3nc4ccc(F)cc4s3)C[C@H]21. The van der Waals surface area contributed by atoms with E-state index >= 15 is 0 Å². The summed E-state index contributed by atoms with van der Waals surface area (Å²) in [7, 11) is 0. The second-order valence-corrected chi connectivity index (χ2v) is 9.43. The number of thiazole rings is 1. The first-order chi connectivity index (χ1) is 15.6. The van der Waals surface area contributed by atoms with Crippen LogP contribution in [0.5, 0.6) is 0 Å². The van der Waals surface area contributed by atoms with E-state index in [-0.39, 0.29) is 5.82 Å². The van der Waals surface area contributed by atoms with Gasteiger partial charge in [0.2, 0.25) is 0 Å². The first-order valence-electron chi connectivity index (χ1n) is 10.7. The molecule has 0 radical (unpaired) electrons. The predicted octanol–water partition coefficient (Wildman–Crippen LogP) is 3.85. The lowest BCUT2D eigenvalue weighted by atomic mass is 9.81. The molecule has 2 aliphatic heterocycles. The Hall–Kier alpha value is -3.33. The fourth-order valence-corrected chi connectivity index (χ4v) is 5.99. The van der Waals surface area contributed by atoms with Crippen molar-refractivity contribution in [2.75, 3.05) is 29.4 Å². The fourth-order valence-electron chi connectivity index (χ4n) is 4.97. The zero-order valence-corrected chi connectivity index (χ0v) is 18.3. The molecule has 0 amide bonds. The molecule has 0 bridgehead atoms. The highest BCUT2D eigenvalue weighted by Crippen LogP contribution is 2.42. The summed E-state index contributed by atoms with van der Waals surface area (Å²) in [6.45, 7) is 4.74. The van der Waals surface area contributed by atoms with Crippen LogP contribution in [-0.2, 0) is 0 Å². The Morgan fingerprint density at radius 1 is 1.16 bits per heavy atom. The number of aromatic nitrogens is 4. The van der Waals surface area contributed by atoms with E-state index in [1.165, 1.54) is 22.2 Å². The molecule has 0 spiro atoms. The van der Waals surface area contributed by atoms with Gasteiger partial charge in [-0.05, 0) is 43.2 Å². The monoisotopic (exact) mass is 448 g/mol. The average molecular weight is 449 g/mol. The van der Waals surface area contributed by atoms with E-state index in [2.05, 4.69) is 20.0 Å². The van der Waals surface area contributed by atoms with Crippen molar-refractivity contribution in [3.8, 4) is 5.69 Å². The van der Waals surface area contributed by atoms with Crippen LogP contribution in [0, 0.1) is 18.7 Å². The Bertz CT molecular complexity index is 1320. The zero-order valence-electron chi connectivity index (χ0n) is 17.5. The third kappa shape index (κ3) is 2.99. The van der Waals surface area contributed by atoms with Crippen LogP contribution >= 0.6 is 11.3 Å². The molecule has 2 aliphatic rings. The van der Waals surface area contributed by atoms with Crippen LogP contribution < -0.4 is 9.80 Å². The number of piperidine rings is 1. The molecule has 0 aliphatic carbocycles. The molecule has 4 heterocycles. The first-order valence-corrected chi connectivity index (χ1v) is 11.5. The van der Waals surface area contributed by atoms with E-state index in [0.29, 0.717) is 23.2 Å². The molecule has 4 aromatic rings. The minimum absolute atomic E-state index is 0.236. The third-order valence-electron chi connectivity index (χ3n) is 6.60. The Labute approximate surface area is 188 Å². The number of anilines is 2. The highest BCUT2D eigenvalue weighted by molar-refractivity contribution is 7.22. The summed E-state index contributed by atoms with van der Waals surface area (Å²) in [5.74, 6) is 0.350. The molecule has 6 rings (SSSR count). The van der Waals surface area contributed by atoms with Gasteiger partial charge in [-0.3, -0.25) is 4.79 Å². The molecule has 2 atom stereocenters. The van der Waals surface area contributed by atoms with Gasteiger partial charge < -0.3 is 9.80 Å². The largest absolute Gasteiger partial charge is 0.365 e. The van der Waals surface area contributed by atoms with Gasteiger partial charge >= 0.3 is 0 Å². The van der Waals surface area contributed by atoms with Gasteiger partial charge in [-0.25, -0.2) is 9.37 Å². The lowest BCUT2D eigenvalue weighted by Crippen LogP contribution is -2.65. The van der Waals surface area contributed by atoms with Crippen molar-refractivity contribution in [2.24, 2.45) is 5.92 Å². The van der Waals surface area contributed by atoms with Crippen molar-refractivity contribution in [3.63, 3.8) is 0 Å². The Kier molecular flexibility index (Phi) is 4.46. The van der Waals surface area contributed by atoms with Gasteiger partial charge in [-0.1, -0.05) is 17.4 Å². The summed E-state index contributed by atoms with van der Waals surface area (Å²) in [5.41, 5.74) is 4.16. The van der Waals surface area contributed by atoms with Crippen LogP contribution in [0.25, 0.3) is 15.9 Å². The molecule has 7 nitrogen and oxygen atoms in total. The number of nitrogens with zero attached hydrogens (tertiary/aromatic N) is 6. The van der Waals surface area contributed by atoms with Crippen molar-refractivity contribution in [3.05, 3.63) is 59.7 Å². The lowest BCUT2D eigenvalue weighted by molar-refractivity contribution is 0.112. The summed E-state index contributed by atoms with van der Waals surface area (Å²) in [4.78, 5) is 23.0. The van der Waals surface area contributed by atoms with E-state index in [9.17, 15) is 9.18 Å². The van der Waals surface area contributed by atoms with Crippen molar-refractivity contribution < 1.29 is 9.18 Å². The second-order valence-electron chi connectivity index (χ2n) is 8.42. The topological polar surface area (TPSA) is 67.2 Å². The molecular weight excluding hydrogens is 427 g/mol. The number of rotatable bonds is 4. The smallest absolute Gasteiger partial charge is 0.186 e. The molecule has 2 aromatic heterocycles. The number of hydrogen-bond acceptors (Lipinski definition) is 7. The zero-order chi connectivity index (χ0) is 21.8. The molecule has 2 aromatic carbocycles. The predicted molar refractivity (Wildman–Crippen MR) is 123 cm³/mol. The number of hydrogen-bond donors (Lipinski definition) is 0. The molecule has 0 unspecified atom stereocenters. The molecule has 162 valence electrons. The van der Waals surface area contributed by atoms with Crippen LogP contribution in [0.15, 0.2) is 42.7 Å². The van der Waals surface area contributed by atoms with Gasteiger partial charge in [0.05, 0.1) is 45.6 Å². The van der Waals surface area contributed by atoms with Crippen molar-refractivity contribution in [1.82, 2.24) is 20.0 Å². The molecule has 9 heteroatoms. The number of carbonyl (C=O) groups excluding carboxylic acids is 1. The molecule has 2 saturated heterocycles. The first kappa shape index (κ1) is 19.4. The quantitative estimate of drug-likeness (QED) is 0.442. The maximum atomic E-state index is 13.6. The van der Waals surface area contributed by atoms with Crippen LogP contribution in [0.1, 0.15) is 22.3 Å². The summed E-state index contributed by atoms with van der Waals surface area (Å²) < 4.78 is 14.5. The van der Waals surface area contributed by atoms with Crippen molar-refractivity contribution >= 4 is 38.7 Å². The van der Waals surface area contributed by atoms with Crippen molar-refractivity contribution in [1.29, 1.82) is 0 Å². The normalized spacial score (nSPS) is 20.3. The Balaban J connectivity index is 1.32. The number of aldehydes is 1. The Morgan fingerprint density at radius 3 is 2.81 bits per heavy atom. The summed E-state index contributed by atoms with van der Waals surface area (Å²) >= 11 is 1.53. The summed E-state index contributed by atoms with van der Waals surface area (Å²) in [5, 5.41) is 9.36. The number of aryl methyl sites for hydroxylation is 1. The third-order valence-corrected chi connectivity index (χ3v) is 7.68. The summed E-state index contributed by atoms with van der Waals surface area (Å²) in [6.07, 6.45) is 5.20. The highest BCUT2D eigenvalue weighted by atomic mass is 32.1. The molecule has 0 saturated carbocycles. The van der Waals surface area contributed by atoms with E-state index < -0.39 is 0 Å². The van der Waals surface area contributed by atoms with Crippen LogP contribution in [0.4, 0.5) is 15.2 Å². The highest BCUT2D eigenvalue weighted by Gasteiger charge is 2.44. The number of halogens is 1. The van der Waals surface area contributed by atoms with Gasteiger partial charge in [0.15, 0.2) is 11.4 Å². The maximum Gasteiger partial charge on any atom is 0.186 e. The van der Waals surface area contributed by atoms with Gasteiger partial charge in [0.25, 0.3) is 0 Å². The van der Waals surface area contributed by atoms with Gasteiger partial charge in [-0.15, -0.1) is 0 Å². The van der Waals surface area contributed by atoms with E-state index in [0.717, 1.165) is 58.9 Å².